The molecule has 108 valence electrons. The van der Waals surface area contributed by atoms with Crippen molar-refractivity contribution >= 4 is 10.0 Å². The number of rotatable bonds is 5. The molecule has 1 fully saturated rings. The fourth-order valence-electron chi connectivity index (χ4n) is 2.54. The van der Waals surface area contributed by atoms with Crippen molar-refractivity contribution < 1.29 is 8.42 Å². The molecule has 1 aromatic rings. The summed E-state index contributed by atoms with van der Waals surface area (Å²) in [5, 5.41) is 8.71. The van der Waals surface area contributed by atoms with E-state index >= 15 is 0 Å². The third-order valence-electron chi connectivity index (χ3n) is 3.71. The van der Waals surface area contributed by atoms with Gasteiger partial charge in [0.1, 0.15) is 0 Å². The molecule has 0 saturated carbocycles. The van der Waals surface area contributed by atoms with Crippen LogP contribution >= 0.6 is 0 Å². The van der Waals surface area contributed by atoms with Gasteiger partial charge in [0.25, 0.3) is 0 Å². The molecule has 6 heteroatoms. The summed E-state index contributed by atoms with van der Waals surface area (Å²) < 4.78 is 27.0. The second-order valence-electron chi connectivity index (χ2n) is 4.91. The summed E-state index contributed by atoms with van der Waals surface area (Å²) in [5.74, 6) is 0. The highest BCUT2D eigenvalue weighted by Crippen LogP contribution is 2.17. The molecule has 1 aliphatic rings. The summed E-state index contributed by atoms with van der Waals surface area (Å²) in [6.45, 7) is 4.52. The second kappa shape index (κ2) is 6.35. The van der Waals surface area contributed by atoms with E-state index in [2.05, 4.69) is 16.5 Å². The van der Waals surface area contributed by atoms with Gasteiger partial charge < -0.3 is 0 Å². The molecule has 1 heterocycles. The van der Waals surface area contributed by atoms with Crippen LogP contribution in [0, 0.1) is 11.3 Å². The Morgan fingerprint density at radius 3 is 2.70 bits per heavy atom. The first-order chi connectivity index (χ1) is 9.56. The van der Waals surface area contributed by atoms with E-state index in [1.807, 2.05) is 6.07 Å². The lowest BCUT2D eigenvalue weighted by Gasteiger charge is -2.22. The van der Waals surface area contributed by atoms with Gasteiger partial charge in [0, 0.05) is 12.6 Å². The van der Waals surface area contributed by atoms with E-state index in [1.54, 1.807) is 0 Å². The van der Waals surface area contributed by atoms with E-state index in [1.165, 1.54) is 24.3 Å². The summed E-state index contributed by atoms with van der Waals surface area (Å²) in [6.07, 6.45) is 2.15. The van der Waals surface area contributed by atoms with Crippen LogP contribution in [-0.2, 0) is 10.0 Å². The van der Waals surface area contributed by atoms with Gasteiger partial charge in [-0.05, 0) is 50.2 Å². The van der Waals surface area contributed by atoms with Gasteiger partial charge in [-0.1, -0.05) is 6.92 Å². The lowest BCUT2D eigenvalue weighted by molar-refractivity contribution is 0.268. The molecular formula is C14H19N3O2S. The van der Waals surface area contributed by atoms with Crippen molar-refractivity contribution in [2.75, 3.05) is 19.6 Å². The molecule has 1 aliphatic heterocycles. The van der Waals surface area contributed by atoms with Crippen LogP contribution in [0.15, 0.2) is 29.2 Å². The molecule has 1 aromatic carbocycles. The average molecular weight is 293 g/mol. The fourth-order valence-corrected chi connectivity index (χ4v) is 3.61. The topological polar surface area (TPSA) is 73.2 Å². The maximum Gasteiger partial charge on any atom is 0.240 e. The van der Waals surface area contributed by atoms with E-state index in [9.17, 15) is 8.42 Å². The number of likely N-dealkylation sites (tertiary alicyclic amines) is 1. The molecule has 1 unspecified atom stereocenters. The Morgan fingerprint density at radius 1 is 1.40 bits per heavy atom. The van der Waals surface area contributed by atoms with Crippen molar-refractivity contribution in [3.63, 3.8) is 0 Å². The number of hydrogen-bond acceptors (Lipinski definition) is 4. The number of nitriles is 1. The molecule has 0 spiro atoms. The Morgan fingerprint density at radius 2 is 2.10 bits per heavy atom. The maximum atomic E-state index is 12.2. The lowest BCUT2D eigenvalue weighted by atomic mass is 10.2. The number of hydrogen-bond donors (Lipinski definition) is 1. The minimum absolute atomic E-state index is 0.206. The largest absolute Gasteiger partial charge is 0.299 e. The van der Waals surface area contributed by atoms with Crippen LogP contribution in [0.25, 0.3) is 0 Å². The molecule has 1 N–H and O–H groups in total. The van der Waals surface area contributed by atoms with Gasteiger partial charge in [-0.25, -0.2) is 13.1 Å². The van der Waals surface area contributed by atoms with Gasteiger partial charge in [0.15, 0.2) is 0 Å². The quantitative estimate of drug-likeness (QED) is 0.888. The van der Waals surface area contributed by atoms with Crippen molar-refractivity contribution in [3.8, 4) is 6.07 Å². The summed E-state index contributed by atoms with van der Waals surface area (Å²) in [5.41, 5.74) is 0.455. The highest BCUT2D eigenvalue weighted by atomic mass is 32.2. The van der Waals surface area contributed by atoms with Gasteiger partial charge >= 0.3 is 0 Å². The predicted molar refractivity (Wildman–Crippen MR) is 76.6 cm³/mol. The SMILES string of the molecule is CCN1CCCC1CNS(=O)(=O)c1ccc(C#N)cc1. The Labute approximate surface area is 120 Å². The predicted octanol–water partition coefficient (Wildman–Crippen LogP) is 1.32. The van der Waals surface area contributed by atoms with Crippen LogP contribution < -0.4 is 4.72 Å². The van der Waals surface area contributed by atoms with Gasteiger partial charge in [-0.3, -0.25) is 4.90 Å². The fraction of sp³-hybridized carbons (Fsp3) is 0.500. The summed E-state index contributed by atoms with van der Waals surface area (Å²) >= 11 is 0. The molecule has 0 aliphatic carbocycles. The molecule has 0 aromatic heterocycles. The Kier molecular flexibility index (Phi) is 4.76. The second-order valence-corrected chi connectivity index (χ2v) is 6.68. The summed E-state index contributed by atoms with van der Waals surface area (Å²) in [4.78, 5) is 2.50. The Hall–Kier alpha value is -1.42. The van der Waals surface area contributed by atoms with Crippen molar-refractivity contribution in [2.45, 2.75) is 30.7 Å². The zero-order valence-corrected chi connectivity index (χ0v) is 12.4. The number of nitrogens with one attached hydrogen (secondary N) is 1. The zero-order chi connectivity index (χ0) is 14.6. The Balaban J connectivity index is 2.02. The van der Waals surface area contributed by atoms with E-state index in [0.29, 0.717) is 12.1 Å². The molecule has 1 saturated heterocycles. The normalized spacial score (nSPS) is 19.9. The van der Waals surface area contributed by atoms with Crippen LogP contribution in [0.3, 0.4) is 0 Å². The molecule has 0 radical (unpaired) electrons. The van der Waals surface area contributed by atoms with Crippen LogP contribution in [0.5, 0.6) is 0 Å². The number of sulfonamides is 1. The van der Waals surface area contributed by atoms with Crippen LogP contribution in [0.4, 0.5) is 0 Å². The molecular weight excluding hydrogens is 274 g/mol. The summed E-state index contributed by atoms with van der Waals surface area (Å²) in [7, 11) is -3.49. The van der Waals surface area contributed by atoms with Crippen LogP contribution in [0.2, 0.25) is 0 Å². The number of nitrogens with zero attached hydrogens (tertiary/aromatic N) is 2. The monoisotopic (exact) mass is 293 g/mol. The highest BCUT2D eigenvalue weighted by molar-refractivity contribution is 7.89. The van der Waals surface area contributed by atoms with Gasteiger partial charge in [-0.2, -0.15) is 5.26 Å². The first kappa shape index (κ1) is 15.0. The van der Waals surface area contributed by atoms with Crippen LogP contribution in [-0.4, -0.2) is 39.0 Å². The van der Waals surface area contributed by atoms with Crippen molar-refractivity contribution in [3.05, 3.63) is 29.8 Å². The molecule has 1 atom stereocenters. The number of benzene rings is 1. The van der Waals surface area contributed by atoms with E-state index in [4.69, 9.17) is 5.26 Å². The van der Waals surface area contributed by atoms with Gasteiger partial charge in [0.2, 0.25) is 10.0 Å². The highest BCUT2D eigenvalue weighted by Gasteiger charge is 2.24. The van der Waals surface area contributed by atoms with Gasteiger partial charge in [-0.15, -0.1) is 0 Å². The van der Waals surface area contributed by atoms with Gasteiger partial charge in [0.05, 0.1) is 16.5 Å². The smallest absolute Gasteiger partial charge is 0.240 e. The molecule has 0 bridgehead atoms. The third-order valence-corrected chi connectivity index (χ3v) is 5.15. The van der Waals surface area contributed by atoms with E-state index < -0.39 is 10.0 Å². The first-order valence-electron chi connectivity index (χ1n) is 6.80. The minimum atomic E-state index is -3.49. The molecule has 20 heavy (non-hydrogen) atoms. The Bertz CT molecular complexity index is 590. The molecule has 0 amide bonds. The number of likely N-dealkylation sites (N-methyl/N-ethyl adjacent to an activating group) is 1. The molecule has 5 nitrogen and oxygen atoms in total. The van der Waals surface area contributed by atoms with Crippen LogP contribution in [0.1, 0.15) is 25.3 Å². The third kappa shape index (κ3) is 3.37. The zero-order valence-electron chi connectivity index (χ0n) is 11.5. The van der Waals surface area contributed by atoms with Crippen molar-refractivity contribution in [2.24, 2.45) is 0 Å². The van der Waals surface area contributed by atoms with Crippen molar-refractivity contribution in [1.82, 2.24) is 9.62 Å². The maximum absolute atomic E-state index is 12.2. The summed E-state index contributed by atoms with van der Waals surface area (Å²) in [6, 6.07) is 8.22. The average Bonchev–Trinajstić information content (AvgIpc) is 2.93. The van der Waals surface area contributed by atoms with E-state index in [0.717, 1.165) is 25.9 Å². The standard InChI is InChI=1S/C14H19N3O2S/c1-2-17-9-3-4-13(17)11-16-20(18,19)14-7-5-12(10-15)6-8-14/h5-8,13,16H,2-4,9,11H2,1H3. The minimum Gasteiger partial charge on any atom is -0.299 e. The lowest BCUT2D eigenvalue weighted by Crippen LogP contribution is -2.39. The van der Waals surface area contributed by atoms with Crippen molar-refractivity contribution in [1.29, 1.82) is 5.26 Å². The molecule has 2 rings (SSSR count). The first-order valence-corrected chi connectivity index (χ1v) is 8.29. The van der Waals surface area contributed by atoms with E-state index in [-0.39, 0.29) is 10.9 Å².